The largest absolute Gasteiger partial charge is 0.356 e. The highest BCUT2D eigenvalue weighted by molar-refractivity contribution is 4.98. The van der Waals surface area contributed by atoms with Gasteiger partial charge in [0.2, 0.25) is 0 Å². The Morgan fingerprint density at radius 1 is 0.630 bits per heavy atom. The Labute approximate surface area is 171 Å². The number of unbranched alkanes of at least 4 members (excludes halogenated alkanes) is 13. The lowest BCUT2D eigenvalue weighted by Crippen LogP contribution is -2.42. The quantitative estimate of drug-likeness (QED) is 0.222. The topological polar surface area (TPSA) is 6.48 Å². The average Bonchev–Trinajstić information content (AvgIpc) is 3.06. The summed E-state index contributed by atoms with van der Waals surface area (Å²) in [7, 11) is 0. The fourth-order valence-corrected chi connectivity index (χ4v) is 4.30. The van der Waals surface area contributed by atoms with Gasteiger partial charge in [-0.25, -0.2) is 0 Å². The van der Waals surface area contributed by atoms with Crippen LogP contribution in [0.4, 0.5) is 0 Å². The van der Waals surface area contributed by atoms with Crippen LogP contribution in [-0.2, 0) is 0 Å². The maximum Gasteiger partial charge on any atom is 0.101 e. The van der Waals surface area contributed by atoms with E-state index >= 15 is 0 Å². The Hall–Kier alpha value is -0.660. The van der Waals surface area contributed by atoms with Crippen LogP contribution in [0.1, 0.15) is 130 Å². The minimum absolute atomic E-state index is 0.611. The Morgan fingerprint density at radius 2 is 1.11 bits per heavy atom. The number of hydrogen-bond donors (Lipinski definition) is 0. The third-order valence-electron chi connectivity index (χ3n) is 6.09. The van der Waals surface area contributed by atoms with Gasteiger partial charge < -0.3 is 9.80 Å². The highest BCUT2D eigenvalue weighted by Crippen LogP contribution is 2.24. The molecule has 2 nitrogen and oxygen atoms in total. The van der Waals surface area contributed by atoms with Crippen molar-refractivity contribution < 1.29 is 0 Å². The van der Waals surface area contributed by atoms with Crippen LogP contribution < -0.4 is 0 Å². The molecule has 0 aromatic rings. The molecule has 0 saturated carbocycles. The summed E-state index contributed by atoms with van der Waals surface area (Å²) in [6.45, 7) is 10.5. The van der Waals surface area contributed by atoms with E-state index in [2.05, 4.69) is 49.9 Å². The van der Waals surface area contributed by atoms with Gasteiger partial charge in [0.25, 0.3) is 0 Å². The van der Waals surface area contributed by atoms with E-state index in [1.165, 1.54) is 109 Å². The highest BCUT2D eigenvalue weighted by atomic mass is 15.4. The normalized spacial score (nSPS) is 16.9. The predicted molar refractivity (Wildman–Crippen MR) is 122 cm³/mol. The van der Waals surface area contributed by atoms with Crippen molar-refractivity contribution in [2.24, 2.45) is 0 Å². The van der Waals surface area contributed by atoms with Crippen LogP contribution >= 0.6 is 0 Å². The van der Waals surface area contributed by atoms with Crippen LogP contribution in [0.5, 0.6) is 0 Å². The molecule has 0 bridgehead atoms. The summed E-state index contributed by atoms with van der Waals surface area (Å²) in [5.74, 6) is 0. The zero-order chi connectivity index (χ0) is 19.7. The van der Waals surface area contributed by atoms with E-state index < -0.39 is 0 Å². The summed E-state index contributed by atoms with van der Waals surface area (Å²) in [6.07, 6.45) is 27.9. The first kappa shape index (κ1) is 24.4. The van der Waals surface area contributed by atoms with Crippen LogP contribution in [0, 0.1) is 0 Å². The molecule has 1 heterocycles. The Balaban J connectivity index is 2.12. The molecule has 0 aromatic heterocycles. The van der Waals surface area contributed by atoms with Gasteiger partial charge in [-0.3, -0.25) is 0 Å². The van der Waals surface area contributed by atoms with E-state index in [0.717, 1.165) is 0 Å². The van der Waals surface area contributed by atoms with Crippen LogP contribution in [-0.4, -0.2) is 28.6 Å². The summed E-state index contributed by atoms with van der Waals surface area (Å²) in [6, 6.07) is 0.611. The van der Waals surface area contributed by atoms with Crippen molar-refractivity contribution in [2.45, 2.75) is 143 Å². The van der Waals surface area contributed by atoms with Gasteiger partial charge in [0.15, 0.2) is 0 Å². The standard InChI is InChI=1S/C25H50N2/c1-5-7-9-11-12-13-14-15-16-17-18-20-25-26(21-19-10-8-6-2)22-23-27(25)24(3)4/h22-25H,5-21H2,1-4H3. The molecule has 1 rings (SSSR count). The first-order chi connectivity index (χ1) is 13.2. The van der Waals surface area contributed by atoms with Crippen molar-refractivity contribution in [1.82, 2.24) is 9.80 Å². The van der Waals surface area contributed by atoms with Gasteiger partial charge in [-0.05, 0) is 33.1 Å². The SMILES string of the molecule is CCCCCCCCCCCCCC1N(CCCCCC)C=CN1C(C)C. The van der Waals surface area contributed by atoms with Crippen LogP contribution in [0.25, 0.3) is 0 Å². The summed E-state index contributed by atoms with van der Waals surface area (Å²) in [4.78, 5) is 5.20. The Kier molecular flexibility index (Phi) is 14.7. The third kappa shape index (κ3) is 11.1. The van der Waals surface area contributed by atoms with Gasteiger partial charge in [0.1, 0.15) is 6.17 Å². The van der Waals surface area contributed by atoms with Crippen molar-refractivity contribution in [1.29, 1.82) is 0 Å². The van der Waals surface area contributed by atoms with Crippen molar-refractivity contribution in [2.75, 3.05) is 6.54 Å². The first-order valence-electron chi connectivity index (χ1n) is 12.4. The second kappa shape index (κ2) is 16.3. The molecule has 1 unspecified atom stereocenters. The van der Waals surface area contributed by atoms with E-state index in [1.54, 1.807) is 0 Å². The van der Waals surface area contributed by atoms with Gasteiger partial charge >= 0.3 is 0 Å². The first-order valence-corrected chi connectivity index (χ1v) is 12.4. The molecule has 0 aliphatic carbocycles. The zero-order valence-electron chi connectivity index (χ0n) is 19.2. The minimum atomic E-state index is 0.611. The van der Waals surface area contributed by atoms with E-state index in [0.29, 0.717) is 12.2 Å². The van der Waals surface area contributed by atoms with Gasteiger partial charge in [-0.15, -0.1) is 0 Å². The molecule has 1 atom stereocenters. The Bertz CT molecular complexity index is 350. The van der Waals surface area contributed by atoms with E-state index in [4.69, 9.17) is 0 Å². The van der Waals surface area contributed by atoms with E-state index in [9.17, 15) is 0 Å². The molecule has 0 aromatic carbocycles. The average molecular weight is 379 g/mol. The third-order valence-corrected chi connectivity index (χ3v) is 6.09. The fourth-order valence-electron chi connectivity index (χ4n) is 4.30. The molecule has 0 amide bonds. The molecule has 1 aliphatic rings. The van der Waals surface area contributed by atoms with Gasteiger partial charge in [-0.2, -0.15) is 0 Å². The smallest absolute Gasteiger partial charge is 0.101 e. The zero-order valence-corrected chi connectivity index (χ0v) is 19.2. The molecule has 2 heteroatoms. The number of hydrogen-bond acceptors (Lipinski definition) is 2. The second-order valence-electron chi connectivity index (χ2n) is 8.94. The summed E-state index contributed by atoms with van der Waals surface area (Å²) >= 11 is 0. The van der Waals surface area contributed by atoms with Crippen molar-refractivity contribution >= 4 is 0 Å². The van der Waals surface area contributed by atoms with Crippen molar-refractivity contribution in [3.63, 3.8) is 0 Å². The highest BCUT2D eigenvalue weighted by Gasteiger charge is 2.26. The molecule has 0 N–H and O–H groups in total. The lowest BCUT2D eigenvalue weighted by atomic mass is 10.0. The van der Waals surface area contributed by atoms with Crippen LogP contribution in [0.2, 0.25) is 0 Å². The van der Waals surface area contributed by atoms with Gasteiger partial charge in [-0.1, -0.05) is 97.3 Å². The molecule has 160 valence electrons. The maximum atomic E-state index is 2.62. The summed E-state index contributed by atoms with van der Waals surface area (Å²) in [5.41, 5.74) is 0. The molecule has 0 spiro atoms. The lowest BCUT2D eigenvalue weighted by molar-refractivity contribution is 0.114. The monoisotopic (exact) mass is 378 g/mol. The second-order valence-corrected chi connectivity index (χ2v) is 8.94. The molecule has 0 radical (unpaired) electrons. The Morgan fingerprint density at radius 3 is 1.63 bits per heavy atom. The lowest BCUT2D eigenvalue weighted by Gasteiger charge is -2.35. The molecular formula is C25H50N2. The molecule has 27 heavy (non-hydrogen) atoms. The van der Waals surface area contributed by atoms with Crippen LogP contribution in [0.3, 0.4) is 0 Å². The summed E-state index contributed by atoms with van der Waals surface area (Å²) < 4.78 is 0. The van der Waals surface area contributed by atoms with Crippen molar-refractivity contribution in [3.05, 3.63) is 12.4 Å². The molecular weight excluding hydrogens is 328 g/mol. The number of rotatable bonds is 18. The molecule has 1 aliphatic heterocycles. The van der Waals surface area contributed by atoms with Crippen LogP contribution in [0.15, 0.2) is 12.4 Å². The van der Waals surface area contributed by atoms with Gasteiger partial charge in [0.05, 0.1) is 0 Å². The summed E-state index contributed by atoms with van der Waals surface area (Å²) in [5, 5.41) is 0. The number of nitrogens with zero attached hydrogens (tertiary/aromatic N) is 2. The van der Waals surface area contributed by atoms with E-state index in [1.807, 2.05) is 0 Å². The molecule has 0 fully saturated rings. The predicted octanol–water partition coefficient (Wildman–Crippen LogP) is 8.09. The van der Waals surface area contributed by atoms with E-state index in [-0.39, 0.29) is 0 Å². The fraction of sp³-hybridized carbons (Fsp3) is 0.920. The molecule has 0 saturated heterocycles. The maximum absolute atomic E-state index is 2.62. The van der Waals surface area contributed by atoms with Crippen molar-refractivity contribution in [3.8, 4) is 0 Å². The van der Waals surface area contributed by atoms with Gasteiger partial charge in [0, 0.05) is 25.0 Å². The minimum Gasteiger partial charge on any atom is -0.356 e.